The summed E-state index contributed by atoms with van der Waals surface area (Å²) in [5.41, 5.74) is 4.05. The molecule has 0 radical (unpaired) electrons. The number of hydrogen-bond donors (Lipinski definition) is 0. The topological polar surface area (TPSA) is 12.5 Å². The van der Waals surface area contributed by atoms with E-state index in [0.717, 1.165) is 25.2 Å². The number of likely N-dealkylation sites (tertiary alicyclic amines) is 1. The number of methoxy groups -OCH3 is 1. The van der Waals surface area contributed by atoms with Crippen LogP contribution >= 0.6 is 11.8 Å². The van der Waals surface area contributed by atoms with Crippen molar-refractivity contribution in [3.05, 3.63) is 54.1 Å². The Balaban J connectivity index is 1.50. The van der Waals surface area contributed by atoms with E-state index < -0.39 is 0 Å². The molecule has 0 aliphatic carbocycles. The monoisotopic (exact) mass is 355 g/mol. The number of ether oxygens (including phenoxy) is 1. The van der Waals surface area contributed by atoms with Crippen LogP contribution in [0.5, 0.6) is 0 Å². The zero-order valence-corrected chi connectivity index (χ0v) is 16.1. The lowest BCUT2D eigenvalue weighted by molar-refractivity contribution is 0.200. The molecule has 0 bridgehead atoms. The highest BCUT2D eigenvalue weighted by atomic mass is 32.2. The number of hydrogen-bond acceptors (Lipinski definition) is 3. The maximum absolute atomic E-state index is 5.10. The molecule has 1 aliphatic heterocycles. The molecule has 2 aromatic carbocycles. The van der Waals surface area contributed by atoms with Gasteiger partial charge in [0.05, 0.1) is 0 Å². The van der Waals surface area contributed by atoms with Crippen LogP contribution in [-0.2, 0) is 11.2 Å². The van der Waals surface area contributed by atoms with E-state index in [1.807, 2.05) is 11.8 Å². The Morgan fingerprint density at radius 1 is 0.920 bits per heavy atom. The smallest absolute Gasteiger partial charge is 0.0470 e. The van der Waals surface area contributed by atoms with Crippen molar-refractivity contribution in [1.82, 2.24) is 4.90 Å². The molecular formula is C22H29NOS. The summed E-state index contributed by atoms with van der Waals surface area (Å²) in [5.74, 6) is 1.11. The van der Waals surface area contributed by atoms with E-state index in [1.54, 1.807) is 7.11 Å². The molecule has 1 heterocycles. The first-order valence-electron chi connectivity index (χ1n) is 9.38. The SMILES string of the molecule is COCCCSc1ccc(-c2ccc(CCN3CCCC3)cc2)cc1. The normalized spacial score (nSPS) is 14.9. The van der Waals surface area contributed by atoms with Crippen LogP contribution in [0.2, 0.25) is 0 Å². The summed E-state index contributed by atoms with van der Waals surface area (Å²) < 4.78 is 5.10. The number of rotatable bonds is 9. The molecule has 0 spiro atoms. The lowest BCUT2D eigenvalue weighted by Crippen LogP contribution is -2.21. The van der Waals surface area contributed by atoms with Gasteiger partial charge in [-0.25, -0.2) is 0 Å². The standard InChI is InChI=1S/C22H29NOS/c1-24-17-4-18-25-22-11-9-21(10-12-22)20-7-5-19(6-8-20)13-16-23-14-2-3-15-23/h5-12H,2-4,13-18H2,1H3. The first kappa shape index (κ1) is 18.5. The van der Waals surface area contributed by atoms with Crippen LogP contribution in [0, 0.1) is 0 Å². The van der Waals surface area contributed by atoms with Gasteiger partial charge in [-0.05, 0) is 67.6 Å². The summed E-state index contributed by atoms with van der Waals surface area (Å²) in [6.07, 6.45) is 5.01. The summed E-state index contributed by atoms with van der Waals surface area (Å²) in [7, 11) is 1.76. The fourth-order valence-corrected chi connectivity index (χ4v) is 4.12. The summed E-state index contributed by atoms with van der Waals surface area (Å²) >= 11 is 1.90. The molecule has 2 nitrogen and oxygen atoms in total. The van der Waals surface area contributed by atoms with Gasteiger partial charge in [-0.3, -0.25) is 0 Å². The molecule has 2 aromatic rings. The maximum atomic E-state index is 5.10. The van der Waals surface area contributed by atoms with Crippen molar-refractivity contribution in [2.24, 2.45) is 0 Å². The Kier molecular flexibility index (Phi) is 7.40. The molecule has 3 heteroatoms. The minimum Gasteiger partial charge on any atom is -0.385 e. The van der Waals surface area contributed by atoms with Crippen molar-refractivity contribution in [2.45, 2.75) is 30.6 Å². The van der Waals surface area contributed by atoms with E-state index in [4.69, 9.17) is 4.74 Å². The summed E-state index contributed by atoms with van der Waals surface area (Å²) in [4.78, 5) is 3.92. The Bertz CT molecular complexity index is 617. The highest BCUT2D eigenvalue weighted by molar-refractivity contribution is 7.99. The van der Waals surface area contributed by atoms with Gasteiger partial charge >= 0.3 is 0 Å². The fraction of sp³-hybridized carbons (Fsp3) is 0.455. The van der Waals surface area contributed by atoms with Crippen molar-refractivity contribution in [1.29, 1.82) is 0 Å². The van der Waals surface area contributed by atoms with Gasteiger partial charge in [-0.15, -0.1) is 11.8 Å². The van der Waals surface area contributed by atoms with E-state index >= 15 is 0 Å². The molecule has 0 unspecified atom stereocenters. The summed E-state index contributed by atoms with van der Waals surface area (Å²) in [5, 5.41) is 0. The minimum atomic E-state index is 0.842. The van der Waals surface area contributed by atoms with Gasteiger partial charge in [0.15, 0.2) is 0 Å². The third-order valence-electron chi connectivity index (χ3n) is 4.82. The largest absolute Gasteiger partial charge is 0.385 e. The molecule has 3 rings (SSSR count). The predicted molar refractivity (Wildman–Crippen MR) is 108 cm³/mol. The molecule has 0 amide bonds. The van der Waals surface area contributed by atoms with E-state index in [9.17, 15) is 0 Å². The molecule has 0 aromatic heterocycles. The molecule has 1 aliphatic rings. The van der Waals surface area contributed by atoms with E-state index in [2.05, 4.69) is 53.4 Å². The lowest BCUT2D eigenvalue weighted by Gasteiger charge is -2.14. The molecular weight excluding hydrogens is 326 g/mol. The van der Waals surface area contributed by atoms with Crippen LogP contribution < -0.4 is 0 Å². The molecule has 0 atom stereocenters. The summed E-state index contributed by atoms with van der Waals surface area (Å²) in [6, 6.07) is 18.0. The molecule has 1 fully saturated rings. The average Bonchev–Trinajstić information content (AvgIpc) is 3.18. The van der Waals surface area contributed by atoms with Crippen molar-refractivity contribution in [3.63, 3.8) is 0 Å². The van der Waals surface area contributed by atoms with Gasteiger partial charge in [0, 0.05) is 30.9 Å². The molecule has 25 heavy (non-hydrogen) atoms. The zero-order chi connectivity index (χ0) is 17.3. The van der Waals surface area contributed by atoms with Crippen molar-refractivity contribution < 1.29 is 4.74 Å². The highest BCUT2D eigenvalue weighted by Crippen LogP contribution is 2.25. The maximum Gasteiger partial charge on any atom is 0.0470 e. The van der Waals surface area contributed by atoms with E-state index in [1.165, 1.54) is 54.1 Å². The second-order valence-corrected chi connectivity index (χ2v) is 7.88. The van der Waals surface area contributed by atoms with Gasteiger partial charge in [-0.1, -0.05) is 36.4 Å². The van der Waals surface area contributed by atoms with Gasteiger partial charge < -0.3 is 9.64 Å². The molecule has 0 N–H and O–H groups in total. The van der Waals surface area contributed by atoms with Gasteiger partial charge in [0.2, 0.25) is 0 Å². The quantitative estimate of drug-likeness (QED) is 0.457. The van der Waals surface area contributed by atoms with Crippen molar-refractivity contribution in [2.75, 3.05) is 39.1 Å². The van der Waals surface area contributed by atoms with Crippen LogP contribution in [0.1, 0.15) is 24.8 Å². The van der Waals surface area contributed by atoms with Crippen molar-refractivity contribution >= 4 is 11.8 Å². The zero-order valence-electron chi connectivity index (χ0n) is 15.2. The summed E-state index contributed by atoms with van der Waals surface area (Å²) in [6.45, 7) is 4.62. The first-order valence-corrected chi connectivity index (χ1v) is 10.4. The Morgan fingerprint density at radius 2 is 1.56 bits per heavy atom. The van der Waals surface area contributed by atoms with Gasteiger partial charge in [0.25, 0.3) is 0 Å². The average molecular weight is 356 g/mol. The molecule has 1 saturated heterocycles. The van der Waals surface area contributed by atoms with Crippen LogP contribution in [0.4, 0.5) is 0 Å². The minimum absolute atomic E-state index is 0.842. The number of nitrogens with zero attached hydrogens (tertiary/aromatic N) is 1. The second kappa shape index (κ2) is 10.0. The van der Waals surface area contributed by atoms with E-state index in [-0.39, 0.29) is 0 Å². The van der Waals surface area contributed by atoms with Crippen LogP contribution in [0.25, 0.3) is 11.1 Å². The van der Waals surface area contributed by atoms with Crippen molar-refractivity contribution in [3.8, 4) is 11.1 Å². The van der Waals surface area contributed by atoms with E-state index in [0.29, 0.717) is 0 Å². The number of thioether (sulfide) groups is 1. The highest BCUT2D eigenvalue weighted by Gasteiger charge is 2.10. The van der Waals surface area contributed by atoms with Gasteiger partial charge in [0.1, 0.15) is 0 Å². The lowest BCUT2D eigenvalue weighted by atomic mass is 10.0. The predicted octanol–water partition coefficient (Wildman–Crippen LogP) is 5.12. The fourth-order valence-electron chi connectivity index (χ4n) is 3.29. The Labute approximate surface area is 156 Å². The second-order valence-electron chi connectivity index (χ2n) is 6.71. The third kappa shape index (κ3) is 5.88. The first-order chi connectivity index (χ1) is 12.3. The van der Waals surface area contributed by atoms with Gasteiger partial charge in [-0.2, -0.15) is 0 Å². The Hall–Kier alpha value is -1.29. The number of benzene rings is 2. The van der Waals surface area contributed by atoms with Crippen LogP contribution in [0.3, 0.4) is 0 Å². The molecule has 134 valence electrons. The van der Waals surface area contributed by atoms with Crippen LogP contribution in [0.15, 0.2) is 53.4 Å². The Morgan fingerprint density at radius 3 is 2.20 bits per heavy atom. The third-order valence-corrected chi connectivity index (χ3v) is 5.92. The molecule has 0 saturated carbocycles. The van der Waals surface area contributed by atoms with Crippen LogP contribution in [-0.4, -0.2) is 44.0 Å².